The zero-order valence-corrected chi connectivity index (χ0v) is 15.0. The average Bonchev–Trinajstić information content (AvgIpc) is 2.64. The largest absolute Gasteiger partial charge is 0.479 e. The molecule has 2 aliphatic heterocycles. The third-order valence-electron chi connectivity index (χ3n) is 4.51. The first-order valence-corrected chi connectivity index (χ1v) is 8.67. The second-order valence-corrected chi connectivity index (χ2v) is 6.55. The van der Waals surface area contributed by atoms with Crippen LogP contribution in [-0.2, 0) is 28.5 Å². The van der Waals surface area contributed by atoms with Crippen molar-refractivity contribution in [1.82, 2.24) is 5.32 Å². The molecular weight excluding hydrogens is 358 g/mol. The van der Waals surface area contributed by atoms with Crippen LogP contribution in [0.5, 0.6) is 0 Å². The number of carboxylic acids is 1. The van der Waals surface area contributed by atoms with E-state index in [1.807, 2.05) is 30.3 Å². The number of carbonyl (C=O) groups is 2. The summed E-state index contributed by atoms with van der Waals surface area (Å²) < 4.78 is 22.9. The van der Waals surface area contributed by atoms with Crippen LogP contribution < -0.4 is 5.32 Å². The van der Waals surface area contributed by atoms with E-state index in [0.717, 1.165) is 5.56 Å². The molecule has 0 saturated carbocycles. The van der Waals surface area contributed by atoms with Gasteiger partial charge in [-0.2, -0.15) is 0 Å². The minimum atomic E-state index is -1.39. The van der Waals surface area contributed by atoms with Crippen LogP contribution in [0.1, 0.15) is 25.7 Å². The smallest absolute Gasteiger partial charge is 0.332 e. The van der Waals surface area contributed by atoms with E-state index in [0.29, 0.717) is 0 Å². The Kier molecular flexibility index (Phi) is 6.08. The number of fused-ring (bicyclic) bond motifs is 1. The quantitative estimate of drug-likeness (QED) is 0.660. The number of aliphatic carboxylic acids is 1. The van der Waals surface area contributed by atoms with Gasteiger partial charge in [-0.15, -0.1) is 0 Å². The highest BCUT2D eigenvalue weighted by atomic mass is 16.7. The molecule has 27 heavy (non-hydrogen) atoms. The number of carbonyl (C=O) groups excluding carboxylic acids is 1. The summed E-state index contributed by atoms with van der Waals surface area (Å²) in [4.78, 5) is 22.8. The summed E-state index contributed by atoms with van der Waals surface area (Å²) in [7, 11) is 0. The van der Waals surface area contributed by atoms with Crippen molar-refractivity contribution in [2.75, 3.05) is 6.61 Å². The Morgan fingerprint density at radius 3 is 2.59 bits per heavy atom. The van der Waals surface area contributed by atoms with Crippen molar-refractivity contribution in [2.45, 2.75) is 56.9 Å². The lowest BCUT2D eigenvalue weighted by Gasteiger charge is -2.48. The first-order chi connectivity index (χ1) is 12.9. The minimum absolute atomic E-state index is 0.120. The maximum Gasteiger partial charge on any atom is 0.332 e. The molecule has 1 aromatic rings. The average molecular weight is 381 g/mol. The van der Waals surface area contributed by atoms with E-state index in [2.05, 4.69) is 5.32 Å². The van der Waals surface area contributed by atoms with Gasteiger partial charge >= 0.3 is 5.97 Å². The summed E-state index contributed by atoms with van der Waals surface area (Å²) in [6, 6.07) is 8.24. The monoisotopic (exact) mass is 381 g/mol. The normalized spacial score (nSPS) is 34.3. The van der Waals surface area contributed by atoms with Gasteiger partial charge in [0.25, 0.3) is 0 Å². The first-order valence-electron chi connectivity index (χ1n) is 8.67. The van der Waals surface area contributed by atoms with Crippen molar-refractivity contribution in [2.24, 2.45) is 0 Å². The molecule has 9 heteroatoms. The Morgan fingerprint density at radius 1 is 1.26 bits per heavy atom. The lowest BCUT2D eigenvalue weighted by atomic mass is 9.95. The number of amides is 1. The molecule has 2 saturated heterocycles. The number of benzene rings is 1. The summed E-state index contributed by atoms with van der Waals surface area (Å²) in [5, 5.41) is 22.0. The van der Waals surface area contributed by atoms with Crippen LogP contribution in [0.2, 0.25) is 0 Å². The van der Waals surface area contributed by atoms with Gasteiger partial charge in [0.2, 0.25) is 5.91 Å². The van der Waals surface area contributed by atoms with Crippen LogP contribution >= 0.6 is 0 Å². The SMILES string of the molecule is CC(=O)N[C@H]1[C@@H](O[C@@H](C)C(=O)O)[C@@H]2O[C@H](c3ccccc3)OC[C@@H]2O[C@H]1O. The van der Waals surface area contributed by atoms with E-state index in [4.69, 9.17) is 18.9 Å². The molecule has 0 spiro atoms. The van der Waals surface area contributed by atoms with Gasteiger partial charge < -0.3 is 34.5 Å². The number of rotatable bonds is 5. The van der Waals surface area contributed by atoms with E-state index >= 15 is 0 Å². The number of hydrogen-bond acceptors (Lipinski definition) is 7. The molecule has 0 aliphatic carbocycles. The number of hydrogen-bond donors (Lipinski definition) is 3. The zero-order chi connectivity index (χ0) is 19.6. The molecule has 148 valence electrons. The summed E-state index contributed by atoms with van der Waals surface area (Å²) in [5.74, 6) is -1.58. The van der Waals surface area contributed by atoms with Crippen LogP contribution in [0, 0.1) is 0 Å². The topological polar surface area (TPSA) is 124 Å². The number of carboxylic acid groups (broad SMARTS) is 1. The minimum Gasteiger partial charge on any atom is -0.479 e. The fourth-order valence-electron chi connectivity index (χ4n) is 3.21. The van der Waals surface area contributed by atoms with Crippen molar-refractivity contribution >= 4 is 11.9 Å². The highest BCUT2D eigenvalue weighted by molar-refractivity contribution is 5.73. The molecule has 2 heterocycles. The molecule has 2 aliphatic rings. The number of ether oxygens (including phenoxy) is 4. The van der Waals surface area contributed by atoms with E-state index in [1.165, 1.54) is 13.8 Å². The third kappa shape index (κ3) is 4.45. The second kappa shape index (κ2) is 8.32. The van der Waals surface area contributed by atoms with Gasteiger partial charge in [0.05, 0.1) is 6.61 Å². The van der Waals surface area contributed by atoms with E-state index < -0.39 is 54.9 Å². The molecule has 0 aromatic heterocycles. The molecule has 0 unspecified atom stereocenters. The summed E-state index contributed by atoms with van der Waals surface area (Å²) >= 11 is 0. The molecular formula is C18H23NO8. The van der Waals surface area contributed by atoms with Gasteiger partial charge in [-0.3, -0.25) is 4.79 Å². The van der Waals surface area contributed by atoms with Gasteiger partial charge in [0.15, 0.2) is 18.7 Å². The highest BCUT2D eigenvalue weighted by Crippen LogP contribution is 2.35. The number of nitrogens with one attached hydrogen (secondary N) is 1. The van der Waals surface area contributed by atoms with Gasteiger partial charge in [0.1, 0.15) is 24.4 Å². The van der Waals surface area contributed by atoms with Gasteiger partial charge in [-0.25, -0.2) is 4.79 Å². The number of aliphatic hydroxyl groups excluding tert-OH is 1. The first kappa shape index (κ1) is 19.7. The van der Waals surface area contributed by atoms with E-state index in [9.17, 15) is 19.8 Å². The second-order valence-electron chi connectivity index (χ2n) is 6.55. The molecule has 1 amide bonds. The van der Waals surface area contributed by atoms with Crippen LogP contribution in [0.15, 0.2) is 30.3 Å². The van der Waals surface area contributed by atoms with Crippen LogP contribution in [0.3, 0.4) is 0 Å². The Hall–Kier alpha value is -2.04. The predicted molar refractivity (Wildman–Crippen MR) is 90.5 cm³/mol. The van der Waals surface area contributed by atoms with Crippen molar-refractivity contribution < 1.29 is 38.7 Å². The summed E-state index contributed by atoms with van der Waals surface area (Å²) in [5.41, 5.74) is 0.781. The van der Waals surface area contributed by atoms with E-state index in [-0.39, 0.29) is 6.61 Å². The molecule has 1 aromatic carbocycles. The Bertz CT molecular complexity index is 669. The van der Waals surface area contributed by atoms with Gasteiger partial charge in [-0.1, -0.05) is 30.3 Å². The Balaban J connectivity index is 1.85. The van der Waals surface area contributed by atoms with Gasteiger partial charge in [-0.05, 0) is 6.92 Å². The maximum atomic E-state index is 11.6. The third-order valence-corrected chi connectivity index (χ3v) is 4.51. The molecule has 0 radical (unpaired) electrons. The zero-order valence-electron chi connectivity index (χ0n) is 15.0. The Labute approximate surface area is 156 Å². The summed E-state index contributed by atoms with van der Waals surface area (Å²) in [6.45, 7) is 2.78. The molecule has 0 bridgehead atoms. The lowest BCUT2D eigenvalue weighted by molar-refractivity contribution is -0.344. The fraction of sp³-hybridized carbons (Fsp3) is 0.556. The Morgan fingerprint density at radius 2 is 1.96 bits per heavy atom. The molecule has 2 fully saturated rings. The standard InChI is InChI=1S/C18H23NO8/c1-9(16(21)22)25-15-13(19-10(2)20)17(23)26-12-8-24-18(27-14(12)15)11-6-4-3-5-7-11/h3-7,9,12-15,17-18,23H,8H2,1-2H3,(H,19,20)(H,21,22)/t9-,12-,13-,14+,15+,17+,18+/m0/s1. The maximum absolute atomic E-state index is 11.6. The predicted octanol–water partition coefficient (Wildman–Crippen LogP) is 0.181. The van der Waals surface area contributed by atoms with Crippen molar-refractivity contribution in [3.8, 4) is 0 Å². The fourth-order valence-corrected chi connectivity index (χ4v) is 3.21. The summed E-state index contributed by atoms with van der Waals surface area (Å²) in [6.07, 6.45) is -5.61. The highest BCUT2D eigenvalue weighted by Gasteiger charge is 2.51. The van der Waals surface area contributed by atoms with Crippen LogP contribution in [0.25, 0.3) is 0 Å². The van der Waals surface area contributed by atoms with Crippen molar-refractivity contribution in [3.63, 3.8) is 0 Å². The van der Waals surface area contributed by atoms with Gasteiger partial charge in [0, 0.05) is 12.5 Å². The van der Waals surface area contributed by atoms with Crippen LogP contribution in [-0.4, -0.2) is 65.4 Å². The van der Waals surface area contributed by atoms with Crippen molar-refractivity contribution in [1.29, 1.82) is 0 Å². The van der Waals surface area contributed by atoms with Crippen molar-refractivity contribution in [3.05, 3.63) is 35.9 Å². The molecule has 9 nitrogen and oxygen atoms in total. The molecule has 7 atom stereocenters. The molecule has 3 rings (SSSR count). The van der Waals surface area contributed by atoms with E-state index in [1.54, 1.807) is 0 Å². The molecule has 3 N–H and O–H groups in total. The van der Waals surface area contributed by atoms with Crippen LogP contribution in [0.4, 0.5) is 0 Å². The number of aliphatic hydroxyl groups is 1. The lowest BCUT2D eigenvalue weighted by Crippen LogP contribution is -2.67.